The van der Waals surface area contributed by atoms with Gasteiger partial charge in [-0.1, -0.05) is 168 Å². The zero-order chi connectivity index (χ0) is 55.3. The minimum Gasteiger partial charge on any atom is -0.311 e. The van der Waals surface area contributed by atoms with Gasteiger partial charge in [-0.3, -0.25) is 0 Å². The average Bonchev–Trinajstić information content (AvgIpc) is 3.64. The smallest absolute Gasteiger partial charge is 0.137 e. The van der Waals surface area contributed by atoms with E-state index >= 15 is 0 Å². The number of benzene rings is 9. The van der Waals surface area contributed by atoms with Crippen LogP contribution in [-0.2, 0) is 0 Å². The van der Waals surface area contributed by atoms with Gasteiger partial charge in [0.1, 0.15) is 11.3 Å². The standard InChI is InChI=1S/C74H56N8/c1-49-41-50(2)44-57(43-49)65-37-38-66(58-45-51(3)42-52(4)46-58)74-73(65)77-71(55-25-33-63(34-26-55)81(59-15-7-5-8-16-59)61-29-21-53(22-30-61)67-47-79-39-13-11-19-69(79)75-67)72(78-74)56-27-35-64(36-28-56)82(60-17-9-6-10-18-60)62-31-23-54(24-32-62)68-48-80-40-14-12-20-70(80)76-68/h5-48H,1-4H3. The number of rotatable bonds is 12. The van der Waals surface area contributed by atoms with Crippen molar-refractivity contribution in [2.45, 2.75) is 27.7 Å². The van der Waals surface area contributed by atoms with Gasteiger partial charge in [0.15, 0.2) is 0 Å². The highest BCUT2D eigenvalue weighted by Crippen LogP contribution is 2.43. The van der Waals surface area contributed by atoms with E-state index in [2.05, 4.69) is 265 Å². The third-order valence-electron chi connectivity index (χ3n) is 15.3. The van der Waals surface area contributed by atoms with Gasteiger partial charge >= 0.3 is 0 Å². The molecule has 9 aromatic carbocycles. The van der Waals surface area contributed by atoms with Crippen LogP contribution in [0.4, 0.5) is 34.1 Å². The van der Waals surface area contributed by atoms with Crippen molar-refractivity contribution in [3.05, 3.63) is 290 Å². The largest absolute Gasteiger partial charge is 0.311 e. The van der Waals surface area contributed by atoms with Gasteiger partial charge in [-0.2, -0.15) is 0 Å². The van der Waals surface area contributed by atoms with Crippen LogP contribution in [0.3, 0.4) is 0 Å². The molecule has 0 saturated heterocycles. The Labute approximate surface area is 477 Å². The minimum absolute atomic E-state index is 0.792. The first-order chi connectivity index (χ1) is 40.2. The summed E-state index contributed by atoms with van der Waals surface area (Å²) >= 11 is 0. The highest BCUT2D eigenvalue weighted by Gasteiger charge is 2.22. The zero-order valence-electron chi connectivity index (χ0n) is 46.0. The fourth-order valence-electron chi connectivity index (χ4n) is 11.6. The van der Waals surface area contributed by atoms with Gasteiger partial charge in [0, 0.05) is 92.3 Å². The lowest BCUT2D eigenvalue weighted by atomic mass is 9.93. The molecule has 14 aromatic rings. The number of nitrogens with zero attached hydrogens (tertiary/aromatic N) is 8. The SMILES string of the molecule is Cc1cc(C)cc(-c2ccc(-c3cc(C)cc(C)c3)c3nc(-c4ccc(N(c5ccccc5)c5ccc(-c6cn7ccccc7n6)cc5)cc4)c(-c4ccc(N(c5ccccc5)c5ccc(-c6cn7ccccc7n6)cc5)cc4)nc23)c1. The Morgan fingerprint density at radius 3 is 0.939 bits per heavy atom. The Morgan fingerprint density at radius 1 is 0.280 bits per heavy atom. The van der Waals surface area contributed by atoms with Crippen LogP contribution in [0.5, 0.6) is 0 Å². The second-order valence-electron chi connectivity index (χ2n) is 21.2. The lowest BCUT2D eigenvalue weighted by molar-refractivity contribution is 1.19. The first kappa shape index (κ1) is 49.6. The molecule has 392 valence electrons. The molecule has 0 unspecified atom stereocenters. The number of imidazole rings is 2. The topological polar surface area (TPSA) is 66.9 Å². The summed E-state index contributed by atoms with van der Waals surface area (Å²) in [5.74, 6) is 0. The first-order valence-electron chi connectivity index (χ1n) is 27.7. The fraction of sp³-hybridized carbons (Fsp3) is 0.0541. The molecule has 0 aliphatic heterocycles. The second kappa shape index (κ2) is 20.8. The Hall–Kier alpha value is -10.7. The van der Waals surface area contributed by atoms with E-state index in [0.717, 1.165) is 124 Å². The molecule has 8 nitrogen and oxygen atoms in total. The maximum absolute atomic E-state index is 5.83. The zero-order valence-corrected chi connectivity index (χ0v) is 46.0. The molecule has 0 fully saturated rings. The second-order valence-corrected chi connectivity index (χ2v) is 21.2. The summed E-state index contributed by atoms with van der Waals surface area (Å²) in [7, 11) is 0. The highest BCUT2D eigenvalue weighted by molar-refractivity contribution is 6.03. The molecule has 0 atom stereocenters. The van der Waals surface area contributed by atoms with Crippen LogP contribution in [0.1, 0.15) is 22.3 Å². The third-order valence-corrected chi connectivity index (χ3v) is 15.3. The minimum atomic E-state index is 0.792. The van der Waals surface area contributed by atoms with E-state index in [0.29, 0.717) is 0 Å². The molecular weight excluding hydrogens is 1000 g/mol. The van der Waals surface area contributed by atoms with Crippen LogP contribution in [0.2, 0.25) is 0 Å². The Balaban J connectivity index is 0.911. The maximum Gasteiger partial charge on any atom is 0.137 e. The number of hydrogen-bond acceptors (Lipinski definition) is 6. The van der Waals surface area contributed by atoms with E-state index < -0.39 is 0 Å². The van der Waals surface area contributed by atoms with Gasteiger partial charge in [-0.15, -0.1) is 0 Å². The van der Waals surface area contributed by atoms with Crippen molar-refractivity contribution in [2.75, 3.05) is 9.80 Å². The number of anilines is 6. The van der Waals surface area contributed by atoms with Crippen LogP contribution < -0.4 is 9.80 Å². The normalized spacial score (nSPS) is 11.4. The highest BCUT2D eigenvalue weighted by atomic mass is 15.1. The van der Waals surface area contributed by atoms with Crippen LogP contribution in [0, 0.1) is 27.7 Å². The van der Waals surface area contributed by atoms with E-state index in [1.54, 1.807) is 0 Å². The van der Waals surface area contributed by atoms with E-state index in [1.807, 2.05) is 48.8 Å². The number of hydrogen-bond donors (Lipinski definition) is 0. The molecule has 0 saturated carbocycles. The predicted molar refractivity (Wildman–Crippen MR) is 338 cm³/mol. The van der Waals surface area contributed by atoms with Gasteiger partial charge in [0.05, 0.1) is 33.8 Å². The quantitative estimate of drug-likeness (QED) is 0.121. The third kappa shape index (κ3) is 9.52. The maximum atomic E-state index is 5.83. The summed E-state index contributed by atoms with van der Waals surface area (Å²) < 4.78 is 4.11. The van der Waals surface area contributed by atoms with E-state index in [1.165, 1.54) is 22.3 Å². The van der Waals surface area contributed by atoms with Crippen molar-refractivity contribution in [1.29, 1.82) is 0 Å². The molecule has 8 heteroatoms. The number of fused-ring (bicyclic) bond motifs is 3. The summed E-state index contributed by atoms with van der Waals surface area (Å²) in [5.41, 5.74) is 26.2. The number of para-hydroxylation sites is 2. The van der Waals surface area contributed by atoms with Crippen molar-refractivity contribution < 1.29 is 0 Å². The first-order valence-corrected chi connectivity index (χ1v) is 27.7. The summed E-state index contributed by atoms with van der Waals surface area (Å²) in [6, 6.07) is 86.1. The monoisotopic (exact) mass is 1060 g/mol. The number of pyridine rings is 2. The van der Waals surface area contributed by atoms with E-state index in [-0.39, 0.29) is 0 Å². The molecule has 5 aromatic heterocycles. The van der Waals surface area contributed by atoms with Crippen molar-refractivity contribution in [3.63, 3.8) is 0 Å². The molecule has 0 N–H and O–H groups in total. The van der Waals surface area contributed by atoms with Crippen LogP contribution in [-0.4, -0.2) is 28.7 Å². The number of aryl methyl sites for hydroxylation is 4. The molecule has 0 bridgehead atoms. The molecule has 5 heterocycles. The molecule has 82 heavy (non-hydrogen) atoms. The molecule has 0 aliphatic rings. The van der Waals surface area contributed by atoms with Gasteiger partial charge in [0.2, 0.25) is 0 Å². The lowest BCUT2D eigenvalue weighted by Gasteiger charge is -2.26. The van der Waals surface area contributed by atoms with Crippen molar-refractivity contribution in [3.8, 4) is 67.3 Å². The number of aromatic nitrogens is 6. The lowest BCUT2D eigenvalue weighted by Crippen LogP contribution is -2.10. The summed E-state index contributed by atoms with van der Waals surface area (Å²) in [6.45, 7) is 8.64. The van der Waals surface area contributed by atoms with Gasteiger partial charge in [-0.25, -0.2) is 19.9 Å². The van der Waals surface area contributed by atoms with Gasteiger partial charge < -0.3 is 18.6 Å². The van der Waals surface area contributed by atoms with E-state index in [4.69, 9.17) is 19.9 Å². The molecule has 0 radical (unpaired) electrons. The van der Waals surface area contributed by atoms with Gasteiger partial charge in [-0.05, 0) is 136 Å². The van der Waals surface area contributed by atoms with Crippen LogP contribution >= 0.6 is 0 Å². The van der Waals surface area contributed by atoms with Crippen molar-refractivity contribution >= 4 is 56.5 Å². The van der Waals surface area contributed by atoms with Crippen molar-refractivity contribution in [2.24, 2.45) is 0 Å². The Morgan fingerprint density at radius 2 is 0.598 bits per heavy atom. The molecule has 0 amide bonds. The molecule has 0 aliphatic carbocycles. The summed E-state index contributed by atoms with van der Waals surface area (Å²) in [5, 5.41) is 0. The van der Waals surface area contributed by atoms with Crippen molar-refractivity contribution in [1.82, 2.24) is 28.7 Å². The Kier molecular flexibility index (Phi) is 12.6. The molecule has 0 spiro atoms. The van der Waals surface area contributed by atoms with Gasteiger partial charge in [0.25, 0.3) is 0 Å². The fourth-order valence-corrected chi connectivity index (χ4v) is 11.6. The average molecular weight is 1060 g/mol. The Bertz CT molecular complexity index is 4240. The predicted octanol–water partition coefficient (Wildman–Crippen LogP) is 19.1. The van der Waals surface area contributed by atoms with Crippen LogP contribution in [0.25, 0.3) is 89.6 Å². The summed E-state index contributed by atoms with van der Waals surface area (Å²) in [4.78, 5) is 26.1. The van der Waals surface area contributed by atoms with E-state index in [9.17, 15) is 0 Å². The molecule has 14 rings (SSSR count). The van der Waals surface area contributed by atoms with Crippen LogP contribution in [0.15, 0.2) is 267 Å². The molecular formula is C74H56N8. The summed E-state index contributed by atoms with van der Waals surface area (Å²) in [6.07, 6.45) is 8.22.